The van der Waals surface area contributed by atoms with Crippen LogP contribution in [0.3, 0.4) is 0 Å². The van der Waals surface area contributed by atoms with Gasteiger partial charge in [0.15, 0.2) is 0 Å². The fourth-order valence-corrected chi connectivity index (χ4v) is 4.82. The van der Waals surface area contributed by atoms with Crippen molar-refractivity contribution in [2.75, 3.05) is 19.6 Å². The van der Waals surface area contributed by atoms with Crippen molar-refractivity contribution in [1.82, 2.24) is 10.2 Å². The van der Waals surface area contributed by atoms with E-state index in [2.05, 4.69) is 37.0 Å². The van der Waals surface area contributed by atoms with Crippen LogP contribution >= 0.6 is 0 Å². The first-order valence-electron chi connectivity index (χ1n) is 11.0. The summed E-state index contributed by atoms with van der Waals surface area (Å²) in [4.78, 5) is 26.8. The Morgan fingerprint density at radius 3 is 2.48 bits per heavy atom. The lowest BCUT2D eigenvalue weighted by Gasteiger charge is -2.42. The largest absolute Gasteiger partial charge is 0.489 e. The molecule has 4 rings (SSSR count). The highest BCUT2D eigenvalue weighted by molar-refractivity contribution is 5.86. The van der Waals surface area contributed by atoms with Gasteiger partial charge >= 0.3 is 0 Å². The number of ether oxygens (including phenoxy) is 1. The van der Waals surface area contributed by atoms with Crippen molar-refractivity contribution in [3.05, 3.63) is 78.4 Å². The highest BCUT2D eigenvalue weighted by Crippen LogP contribution is 2.40. The zero-order chi connectivity index (χ0) is 21.8. The maximum Gasteiger partial charge on any atom is 0.243 e. The number of carbonyl (C=O) groups excluding carboxylic acids is 2. The molecule has 5 nitrogen and oxygen atoms in total. The van der Waals surface area contributed by atoms with Gasteiger partial charge in [-0.3, -0.25) is 9.59 Å². The number of likely N-dealkylation sites (tertiary alicyclic amines) is 1. The van der Waals surface area contributed by atoms with Crippen LogP contribution in [0.5, 0.6) is 5.75 Å². The van der Waals surface area contributed by atoms with Gasteiger partial charge in [-0.25, -0.2) is 0 Å². The van der Waals surface area contributed by atoms with Gasteiger partial charge in [0.05, 0.1) is 6.42 Å². The monoisotopic (exact) mass is 418 g/mol. The zero-order valence-electron chi connectivity index (χ0n) is 18.0. The number of piperidine rings is 1. The van der Waals surface area contributed by atoms with Gasteiger partial charge < -0.3 is 15.0 Å². The predicted molar refractivity (Wildman–Crippen MR) is 121 cm³/mol. The van der Waals surface area contributed by atoms with Crippen molar-refractivity contribution in [3.63, 3.8) is 0 Å². The second-order valence-corrected chi connectivity index (χ2v) is 8.64. The molecule has 0 aromatic heterocycles. The number of nitrogens with one attached hydrogen (secondary N) is 1. The Bertz CT molecular complexity index is 948. The number of nitrogens with zero attached hydrogens (tertiary/aromatic N) is 1. The molecular weight excluding hydrogens is 388 g/mol. The molecule has 0 unspecified atom stereocenters. The number of hydrogen-bond acceptors (Lipinski definition) is 3. The van der Waals surface area contributed by atoms with E-state index in [1.807, 2.05) is 41.3 Å². The third-order valence-corrected chi connectivity index (χ3v) is 6.87. The summed E-state index contributed by atoms with van der Waals surface area (Å²) in [6, 6.07) is 18.3. The number of rotatable bonds is 6. The number of carbonyl (C=O) groups is 2. The lowest BCUT2D eigenvalue weighted by atomic mass is 9.72. The fraction of sp³-hybridized carbons (Fsp3) is 0.385. The molecule has 2 aromatic carbocycles. The maximum absolute atomic E-state index is 13.1. The third kappa shape index (κ3) is 4.36. The van der Waals surface area contributed by atoms with Crippen molar-refractivity contribution in [3.8, 4) is 5.75 Å². The van der Waals surface area contributed by atoms with Gasteiger partial charge in [0.2, 0.25) is 11.8 Å². The average molecular weight is 419 g/mol. The van der Waals surface area contributed by atoms with Crippen molar-refractivity contribution in [2.45, 2.75) is 43.6 Å². The number of fused-ring (bicyclic) bond motifs is 1. The molecule has 1 saturated heterocycles. The van der Waals surface area contributed by atoms with Crippen LogP contribution in [0.4, 0.5) is 0 Å². The van der Waals surface area contributed by atoms with E-state index in [4.69, 9.17) is 4.74 Å². The zero-order valence-corrected chi connectivity index (χ0v) is 18.0. The Labute approximate surface area is 184 Å². The quantitative estimate of drug-likeness (QED) is 0.726. The number of amides is 2. The second kappa shape index (κ2) is 8.96. The minimum absolute atomic E-state index is 0.113. The van der Waals surface area contributed by atoms with Crippen LogP contribution in [0.1, 0.15) is 43.2 Å². The Hall–Kier alpha value is -3.08. The minimum Gasteiger partial charge on any atom is -0.489 e. The molecular formula is C26H30N2O3. The van der Waals surface area contributed by atoms with Gasteiger partial charge in [-0.15, -0.1) is 0 Å². The van der Waals surface area contributed by atoms with E-state index in [-0.39, 0.29) is 29.3 Å². The molecule has 0 aliphatic carbocycles. The molecule has 5 heteroatoms. The van der Waals surface area contributed by atoms with Crippen LogP contribution in [-0.4, -0.2) is 42.5 Å². The van der Waals surface area contributed by atoms with E-state index in [0.717, 1.165) is 18.6 Å². The molecule has 0 saturated carbocycles. The van der Waals surface area contributed by atoms with Gasteiger partial charge in [0.1, 0.15) is 11.9 Å². The summed E-state index contributed by atoms with van der Waals surface area (Å²) in [5.74, 6) is 1.08. The third-order valence-electron chi connectivity index (χ3n) is 6.87. The van der Waals surface area contributed by atoms with Crippen LogP contribution in [0.15, 0.2) is 67.3 Å². The number of para-hydroxylation sites is 1. The highest BCUT2D eigenvalue weighted by atomic mass is 16.5. The SMILES string of the molecule is C=CC(=O)NCC1(c2ccccc2)CCN(C(=O)C[C@@H]2Oc3ccccc3[C@@H]2C)CC1. The summed E-state index contributed by atoms with van der Waals surface area (Å²) in [5.41, 5.74) is 2.21. The van der Waals surface area contributed by atoms with E-state index >= 15 is 0 Å². The van der Waals surface area contributed by atoms with E-state index in [9.17, 15) is 9.59 Å². The number of benzene rings is 2. The van der Waals surface area contributed by atoms with Gasteiger partial charge in [-0.1, -0.05) is 62.0 Å². The lowest BCUT2D eigenvalue weighted by Crippen LogP contribution is -2.50. The van der Waals surface area contributed by atoms with Gasteiger partial charge in [-0.05, 0) is 30.5 Å². The van der Waals surface area contributed by atoms with Crippen LogP contribution in [-0.2, 0) is 15.0 Å². The maximum atomic E-state index is 13.1. The second-order valence-electron chi connectivity index (χ2n) is 8.64. The van der Waals surface area contributed by atoms with Crippen molar-refractivity contribution >= 4 is 11.8 Å². The molecule has 0 spiro atoms. The van der Waals surface area contributed by atoms with Crippen molar-refractivity contribution < 1.29 is 14.3 Å². The highest BCUT2D eigenvalue weighted by Gasteiger charge is 2.39. The normalized spacial score (nSPS) is 21.6. The smallest absolute Gasteiger partial charge is 0.243 e. The van der Waals surface area contributed by atoms with E-state index in [1.54, 1.807) is 0 Å². The molecule has 1 fully saturated rings. The summed E-state index contributed by atoms with van der Waals surface area (Å²) < 4.78 is 6.06. The Morgan fingerprint density at radius 2 is 1.81 bits per heavy atom. The topological polar surface area (TPSA) is 58.6 Å². The lowest BCUT2D eigenvalue weighted by molar-refractivity contribution is -0.134. The van der Waals surface area contributed by atoms with Crippen LogP contribution in [0.2, 0.25) is 0 Å². The van der Waals surface area contributed by atoms with E-state index < -0.39 is 0 Å². The van der Waals surface area contributed by atoms with Gasteiger partial charge in [0, 0.05) is 36.5 Å². The first-order valence-corrected chi connectivity index (χ1v) is 11.0. The molecule has 0 radical (unpaired) electrons. The summed E-state index contributed by atoms with van der Waals surface area (Å²) in [6.07, 6.45) is 3.19. The Kier molecular flexibility index (Phi) is 6.12. The summed E-state index contributed by atoms with van der Waals surface area (Å²) in [5, 5.41) is 2.98. The molecule has 31 heavy (non-hydrogen) atoms. The molecule has 2 aliphatic heterocycles. The Morgan fingerprint density at radius 1 is 1.13 bits per heavy atom. The minimum atomic E-state index is -0.176. The number of hydrogen-bond donors (Lipinski definition) is 1. The molecule has 1 N–H and O–H groups in total. The molecule has 0 bridgehead atoms. The first-order chi connectivity index (χ1) is 15.0. The van der Waals surface area contributed by atoms with Gasteiger partial charge in [-0.2, -0.15) is 0 Å². The molecule has 2 heterocycles. The Balaban J connectivity index is 1.40. The van der Waals surface area contributed by atoms with Crippen LogP contribution in [0.25, 0.3) is 0 Å². The molecule has 2 amide bonds. The summed E-state index contributed by atoms with van der Waals surface area (Å²) in [6.45, 7) is 7.56. The predicted octanol–water partition coefficient (Wildman–Crippen LogP) is 3.80. The van der Waals surface area contributed by atoms with Crippen LogP contribution in [0, 0.1) is 0 Å². The van der Waals surface area contributed by atoms with E-state index in [0.29, 0.717) is 26.1 Å². The molecule has 162 valence electrons. The van der Waals surface area contributed by atoms with Gasteiger partial charge in [0.25, 0.3) is 0 Å². The standard InChI is InChI=1S/C26H30N2O3/c1-3-24(29)27-18-26(20-9-5-4-6-10-20)13-15-28(16-14-26)25(30)17-23-19(2)21-11-7-8-12-22(21)31-23/h3-12,19,23H,1,13-18H2,2H3,(H,27,29)/t19-,23-/m0/s1. The first kappa shape index (κ1) is 21.2. The molecule has 2 atom stereocenters. The molecule has 2 aromatic rings. The van der Waals surface area contributed by atoms with Crippen LogP contribution < -0.4 is 10.1 Å². The average Bonchev–Trinajstić information content (AvgIpc) is 3.13. The molecule has 2 aliphatic rings. The van der Waals surface area contributed by atoms with E-state index in [1.165, 1.54) is 17.2 Å². The van der Waals surface area contributed by atoms with Crippen molar-refractivity contribution in [2.24, 2.45) is 0 Å². The summed E-state index contributed by atoms with van der Waals surface area (Å²) in [7, 11) is 0. The summed E-state index contributed by atoms with van der Waals surface area (Å²) >= 11 is 0. The fourth-order valence-electron chi connectivity index (χ4n) is 4.82. The van der Waals surface area contributed by atoms with Crippen molar-refractivity contribution in [1.29, 1.82) is 0 Å².